The molecule has 0 unspecified atom stereocenters. The molecule has 0 amide bonds. The first-order valence-electron chi connectivity index (χ1n) is 7.85. The number of aryl methyl sites for hydroxylation is 2. The van der Waals surface area contributed by atoms with Crippen LogP contribution in [0.2, 0.25) is 0 Å². The smallest absolute Gasteiger partial charge is 0.243 e. The van der Waals surface area contributed by atoms with Crippen LogP contribution in [0, 0.1) is 6.92 Å². The van der Waals surface area contributed by atoms with Gasteiger partial charge in [0.25, 0.3) is 0 Å². The number of hydrogen-bond acceptors (Lipinski definition) is 4. The molecule has 0 fully saturated rings. The second-order valence-corrected chi connectivity index (χ2v) is 5.57. The maximum Gasteiger partial charge on any atom is 0.243 e. The molecule has 2 N–H and O–H groups in total. The topological polar surface area (TPSA) is 62.3 Å². The van der Waals surface area contributed by atoms with Gasteiger partial charge < -0.3 is 15.2 Å². The van der Waals surface area contributed by atoms with Crippen LogP contribution in [0.15, 0.2) is 54.6 Å². The molecular formula is C19H21N3O2. The molecule has 0 radical (unpaired) electrons. The van der Waals surface area contributed by atoms with Gasteiger partial charge in [-0.1, -0.05) is 48.0 Å². The van der Waals surface area contributed by atoms with E-state index in [-0.39, 0.29) is 0 Å². The Balaban J connectivity index is 1.69. The number of rotatable bonds is 6. The number of anilines is 1. The number of nitrogens with two attached hydrogens (primary N) is 1. The van der Waals surface area contributed by atoms with Crippen LogP contribution in [-0.4, -0.2) is 23.0 Å². The first-order chi connectivity index (χ1) is 11.6. The van der Waals surface area contributed by atoms with E-state index in [4.69, 9.17) is 15.2 Å². The lowest BCUT2D eigenvalue weighted by Crippen LogP contribution is -2.09. The van der Waals surface area contributed by atoms with Gasteiger partial charge in [-0.25, -0.2) is 4.68 Å². The Morgan fingerprint density at radius 2 is 1.62 bits per heavy atom. The van der Waals surface area contributed by atoms with Crippen LogP contribution in [0.1, 0.15) is 5.56 Å². The molecule has 124 valence electrons. The second kappa shape index (κ2) is 7.08. The molecule has 0 atom stereocenters. The molecule has 5 nitrogen and oxygen atoms in total. The number of nitrogens with zero attached hydrogens (tertiary/aromatic N) is 2. The predicted octanol–water partition coefficient (Wildman–Crippen LogP) is 3.44. The molecule has 24 heavy (non-hydrogen) atoms. The molecule has 0 saturated carbocycles. The number of benzene rings is 2. The van der Waals surface area contributed by atoms with Gasteiger partial charge in [0, 0.05) is 7.05 Å². The molecule has 2 aromatic carbocycles. The summed E-state index contributed by atoms with van der Waals surface area (Å²) in [4.78, 5) is 0. The minimum atomic E-state index is 0.393. The van der Waals surface area contributed by atoms with Gasteiger partial charge >= 0.3 is 0 Å². The van der Waals surface area contributed by atoms with Crippen molar-refractivity contribution in [1.82, 2.24) is 9.78 Å². The fourth-order valence-electron chi connectivity index (χ4n) is 2.42. The van der Waals surface area contributed by atoms with E-state index in [9.17, 15) is 0 Å². The van der Waals surface area contributed by atoms with Crippen LogP contribution >= 0.6 is 0 Å². The van der Waals surface area contributed by atoms with Gasteiger partial charge in [-0.05, 0) is 24.6 Å². The van der Waals surface area contributed by atoms with E-state index < -0.39 is 0 Å². The molecule has 1 heterocycles. The summed E-state index contributed by atoms with van der Waals surface area (Å²) >= 11 is 0. The molecule has 3 aromatic rings. The van der Waals surface area contributed by atoms with Crippen molar-refractivity contribution < 1.29 is 9.47 Å². The number of hydrogen-bond donors (Lipinski definition) is 1. The Hall–Kier alpha value is -2.95. The van der Waals surface area contributed by atoms with E-state index in [0.717, 1.165) is 16.9 Å². The molecule has 0 aliphatic rings. The van der Waals surface area contributed by atoms with Gasteiger partial charge in [0.05, 0.1) is 5.56 Å². The Morgan fingerprint density at radius 3 is 2.33 bits per heavy atom. The highest BCUT2D eigenvalue weighted by Gasteiger charge is 2.17. The van der Waals surface area contributed by atoms with Gasteiger partial charge in [0.15, 0.2) is 0 Å². The number of ether oxygens (including phenoxy) is 2. The van der Waals surface area contributed by atoms with Crippen LogP contribution < -0.4 is 15.2 Å². The summed E-state index contributed by atoms with van der Waals surface area (Å²) < 4.78 is 13.1. The Bertz CT molecular complexity index is 795. The Morgan fingerprint density at radius 1 is 0.958 bits per heavy atom. The van der Waals surface area contributed by atoms with Crippen molar-refractivity contribution in [2.45, 2.75) is 6.92 Å². The van der Waals surface area contributed by atoms with Crippen LogP contribution in [0.3, 0.4) is 0 Å². The van der Waals surface area contributed by atoms with Crippen molar-refractivity contribution in [2.75, 3.05) is 18.9 Å². The molecule has 0 saturated heterocycles. The van der Waals surface area contributed by atoms with Crippen LogP contribution in [0.25, 0.3) is 11.1 Å². The molecule has 0 aliphatic carbocycles. The zero-order valence-electron chi connectivity index (χ0n) is 13.9. The monoisotopic (exact) mass is 323 g/mol. The number of aromatic nitrogens is 2. The highest BCUT2D eigenvalue weighted by molar-refractivity contribution is 5.79. The maximum atomic E-state index is 6.16. The van der Waals surface area contributed by atoms with E-state index in [1.54, 1.807) is 11.7 Å². The lowest BCUT2D eigenvalue weighted by atomic mass is 10.1. The Kier molecular flexibility index (Phi) is 4.70. The second-order valence-electron chi connectivity index (χ2n) is 5.57. The first kappa shape index (κ1) is 15.9. The summed E-state index contributed by atoms with van der Waals surface area (Å²) in [5.41, 5.74) is 9.16. The molecule has 5 heteroatoms. The van der Waals surface area contributed by atoms with Crippen molar-refractivity contribution in [3.8, 4) is 22.8 Å². The van der Waals surface area contributed by atoms with E-state index >= 15 is 0 Å². The summed E-state index contributed by atoms with van der Waals surface area (Å²) in [7, 11) is 1.81. The molecule has 0 aliphatic heterocycles. The van der Waals surface area contributed by atoms with Gasteiger partial charge in [0.2, 0.25) is 5.88 Å². The minimum absolute atomic E-state index is 0.393. The van der Waals surface area contributed by atoms with Gasteiger partial charge in [-0.15, -0.1) is 5.10 Å². The largest absolute Gasteiger partial charge is 0.490 e. The average Bonchev–Trinajstić information content (AvgIpc) is 2.88. The summed E-state index contributed by atoms with van der Waals surface area (Å²) in [6, 6.07) is 17.8. The third kappa shape index (κ3) is 3.51. The maximum absolute atomic E-state index is 6.16. The van der Waals surface area contributed by atoms with Crippen LogP contribution in [0.5, 0.6) is 11.6 Å². The summed E-state index contributed by atoms with van der Waals surface area (Å²) in [6.07, 6.45) is 0. The van der Waals surface area contributed by atoms with Crippen LogP contribution in [0.4, 0.5) is 5.82 Å². The van der Waals surface area contributed by atoms with Crippen molar-refractivity contribution in [3.63, 3.8) is 0 Å². The predicted molar refractivity (Wildman–Crippen MR) is 95.2 cm³/mol. The van der Waals surface area contributed by atoms with E-state index in [2.05, 4.69) is 12.0 Å². The van der Waals surface area contributed by atoms with E-state index in [1.807, 2.05) is 54.6 Å². The third-order valence-corrected chi connectivity index (χ3v) is 3.73. The van der Waals surface area contributed by atoms with Crippen molar-refractivity contribution >= 4 is 5.82 Å². The fourth-order valence-corrected chi connectivity index (χ4v) is 2.42. The van der Waals surface area contributed by atoms with Crippen molar-refractivity contribution in [3.05, 3.63) is 60.2 Å². The van der Waals surface area contributed by atoms with Gasteiger partial charge in [-0.3, -0.25) is 0 Å². The molecule has 0 bridgehead atoms. The van der Waals surface area contributed by atoms with E-state index in [1.165, 1.54) is 5.56 Å². The zero-order chi connectivity index (χ0) is 16.9. The quantitative estimate of drug-likeness (QED) is 0.706. The lowest BCUT2D eigenvalue weighted by molar-refractivity contribution is 0.211. The Labute approximate surface area is 141 Å². The number of para-hydroxylation sites is 1. The summed E-state index contributed by atoms with van der Waals surface area (Å²) in [5.74, 6) is 1.92. The normalized spacial score (nSPS) is 10.6. The zero-order valence-corrected chi connectivity index (χ0v) is 13.9. The minimum Gasteiger partial charge on any atom is -0.490 e. The SMILES string of the molecule is Cc1ccc(-c2c(OCCOc3ccccc3)nn(C)c2N)cc1. The fraction of sp³-hybridized carbons (Fsp3) is 0.211. The van der Waals surface area contributed by atoms with Gasteiger partial charge in [0.1, 0.15) is 24.8 Å². The molecule has 1 aromatic heterocycles. The lowest BCUT2D eigenvalue weighted by Gasteiger charge is -2.08. The highest BCUT2D eigenvalue weighted by atomic mass is 16.5. The summed E-state index contributed by atoms with van der Waals surface area (Å²) in [5, 5.41) is 4.37. The number of nitrogen functional groups attached to an aromatic ring is 1. The van der Waals surface area contributed by atoms with Crippen LogP contribution in [-0.2, 0) is 7.05 Å². The van der Waals surface area contributed by atoms with Crippen molar-refractivity contribution in [2.24, 2.45) is 7.05 Å². The van der Waals surface area contributed by atoms with Crippen molar-refractivity contribution in [1.29, 1.82) is 0 Å². The standard InChI is InChI=1S/C19H21N3O2/c1-14-8-10-15(11-9-14)17-18(20)22(2)21-19(17)24-13-12-23-16-6-4-3-5-7-16/h3-11H,12-13,20H2,1-2H3. The molecule has 3 rings (SSSR count). The molecule has 0 spiro atoms. The highest BCUT2D eigenvalue weighted by Crippen LogP contribution is 2.34. The molecular weight excluding hydrogens is 302 g/mol. The van der Waals surface area contributed by atoms with E-state index in [0.29, 0.717) is 24.9 Å². The first-order valence-corrected chi connectivity index (χ1v) is 7.85. The van der Waals surface area contributed by atoms with Gasteiger partial charge in [-0.2, -0.15) is 0 Å². The average molecular weight is 323 g/mol. The summed E-state index contributed by atoms with van der Waals surface area (Å²) in [6.45, 7) is 2.88. The third-order valence-electron chi connectivity index (χ3n) is 3.73.